The van der Waals surface area contributed by atoms with Gasteiger partial charge in [-0.05, 0) is 48.9 Å². The number of hydrogen-bond acceptors (Lipinski definition) is 4. The molecule has 0 radical (unpaired) electrons. The van der Waals surface area contributed by atoms with Crippen molar-refractivity contribution in [2.75, 3.05) is 0 Å². The van der Waals surface area contributed by atoms with Crippen molar-refractivity contribution < 1.29 is 18.0 Å². The number of nitrogens with one attached hydrogen (secondary N) is 2. The summed E-state index contributed by atoms with van der Waals surface area (Å²) in [6, 6.07) is 7.26. The zero-order valence-corrected chi connectivity index (χ0v) is 17.9. The van der Waals surface area contributed by atoms with E-state index in [1.54, 1.807) is 12.1 Å². The highest BCUT2D eigenvalue weighted by atomic mass is 19.1. The maximum atomic E-state index is 14.2. The maximum Gasteiger partial charge on any atom is 0.329 e. The Bertz CT molecular complexity index is 1480. The summed E-state index contributed by atoms with van der Waals surface area (Å²) in [4.78, 5) is 45.7. The van der Waals surface area contributed by atoms with Crippen LogP contribution in [-0.4, -0.2) is 20.4 Å². The first-order valence-corrected chi connectivity index (χ1v) is 10.3. The van der Waals surface area contributed by atoms with Gasteiger partial charge in [0.05, 0.1) is 16.9 Å². The number of rotatable bonds is 6. The molecule has 7 nitrogen and oxygen atoms in total. The summed E-state index contributed by atoms with van der Waals surface area (Å²) in [5.74, 6) is -3.05. The number of amides is 1. The lowest BCUT2D eigenvalue weighted by molar-refractivity contribution is -0.125. The number of nitrogens with zero attached hydrogens (tertiary/aromatic N) is 2. The SMILES string of the molecule is C[C@H](NC(=O)[C@H](Cc1ccncc1)n1c(=O)[nH]c2ccc(F)cc2c1=O)c1ccc(F)cc1F. The van der Waals surface area contributed by atoms with Crippen molar-refractivity contribution in [3.63, 3.8) is 0 Å². The second-order valence-electron chi connectivity index (χ2n) is 7.77. The minimum atomic E-state index is -1.35. The first kappa shape index (κ1) is 23.0. The van der Waals surface area contributed by atoms with Crippen molar-refractivity contribution in [2.24, 2.45) is 0 Å². The van der Waals surface area contributed by atoms with Gasteiger partial charge in [-0.2, -0.15) is 0 Å². The van der Waals surface area contributed by atoms with Crippen LogP contribution in [0.25, 0.3) is 10.9 Å². The summed E-state index contributed by atoms with van der Waals surface area (Å²) >= 11 is 0. The van der Waals surface area contributed by atoms with Crippen LogP contribution in [-0.2, 0) is 11.2 Å². The fraction of sp³-hybridized carbons (Fsp3) is 0.167. The van der Waals surface area contributed by atoms with Gasteiger partial charge in [-0.3, -0.25) is 14.6 Å². The van der Waals surface area contributed by atoms with Crippen molar-refractivity contribution in [1.29, 1.82) is 0 Å². The lowest BCUT2D eigenvalue weighted by atomic mass is 10.0. The van der Waals surface area contributed by atoms with E-state index >= 15 is 0 Å². The van der Waals surface area contributed by atoms with Gasteiger partial charge in [0.25, 0.3) is 5.56 Å². The molecular formula is C24H19F3N4O3. The number of halogens is 3. The molecule has 0 spiro atoms. The van der Waals surface area contributed by atoms with Gasteiger partial charge in [-0.25, -0.2) is 22.5 Å². The van der Waals surface area contributed by atoms with Crippen molar-refractivity contribution >= 4 is 16.8 Å². The summed E-state index contributed by atoms with van der Waals surface area (Å²) in [5.41, 5.74) is -0.967. The topological polar surface area (TPSA) is 96.8 Å². The highest BCUT2D eigenvalue weighted by Gasteiger charge is 2.27. The third-order valence-electron chi connectivity index (χ3n) is 5.47. The van der Waals surface area contributed by atoms with E-state index in [1.165, 1.54) is 31.5 Å². The van der Waals surface area contributed by atoms with Crippen LogP contribution in [0.4, 0.5) is 13.2 Å². The number of H-pyrrole nitrogens is 1. The van der Waals surface area contributed by atoms with Crippen molar-refractivity contribution in [1.82, 2.24) is 19.9 Å². The molecule has 1 amide bonds. The van der Waals surface area contributed by atoms with Crippen LogP contribution in [0.15, 0.2) is 70.5 Å². The van der Waals surface area contributed by atoms with Crippen LogP contribution >= 0.6 is 0 Å². The van der Waals surface area contributed by atoms with E-state index in [2.05, 4.69) is 15.3 Å². The summed E-state index contributed by atoms with van der Waals surface area (Å²) in [6.07, 6.45) is 2.91. The van der Waals surface area contributed by atoms with Gasteiger partial charge in [0.15, 0.2) is 0 Å². The number of benzene rings is 2. The van der Waals surface area contributed by atoms with E-state index in [0.29, 0.717) is 16.2 Å². The van der Waals surface area contributed by atoms with E-state index in [9.17, 15) is 27.6 Å². The Morgan fingerprint density at radius 1 is 1.03 bits per heavy atom. The average molecular weight is 468 g/mol. The molecule has 2 heterocycles. The fourth-order valence-corrected chi connectivity index (χ4v) is 3.77. The van der Waals surface area contributed by atoms with Gasteiger partial charge in [0, 0.05) is 30.4 Å². The molecule has 174 valence electrons. The quantitative estimate of drug-likeness (QED) is 0.454. The molecule has 0 unspecified atom stereocenters. The molecule has 0 fully saturated rings. The largest absolute Gasteiger partial charge is 0.348 e. The van der Waals surface area contributed by atoms with Crippen LogP contribution in [0.2, 0.25) is 0 Å². The van der Waals surface area contributed by atoms with Crippen LogP contribution in [0.5, 0.6) is 0 Å². The normalized spacial score (nSPS) is 12.9. The Balaban J connectivity index is 1.78. The van der Waals surface area contributed by atoms with Crippen LogP contribution in [0, 0.1) is 17.5 Å². The van der Waals surface area contributed by atoms with Crippen LogP contribution in [0.3, 0.4) is 0 Å². The molecule has 2 N–H and O–H groups in total. The Labute approximate surface area is 190 Å². The number of aromatic amines is 1. The number of fused-ring (bicyclic) bond motifs is 1. The van der Waals surface area contributed by atoms with Gasteiger partial charge in [-0.15, -0.1) is 0 Å². The molecule has 0 aliphatic heterocycles. The molecule has 0 bridgehead atoms. The number of hydrogen-bond donors (Lipinski definition) is 2. The molecule has 0 aliphatic carbocycles. The van der Waals surface area contributed by atoms with Gasteiger partial charge in [0.1, 0.15) is 23.5 Å². The predicted octanol–water partition coefficient (Wildman–Crippen LogP) is 3.16. The predicted molar refractivity (Wildman–Crippen MR) is 119 cm³/mol. The molecule has 4 aromatic rings. The molecule has 2 aromatic carbocycles. The van der Waals surface area contributed by atoms with Crippen molar-refractivity contribution in [2.45, 2.75) is 25.4 Å². The Kier molecular flexibility index (Phi) is 6.31. The smallest absolute Gasteiger partial charge is 0.329 e. The van der Waals surface area contributed by atoms with E-state index < -0.39 is 46.7 Å². The number of carbonyl (C=O) groups is 1. The van der Waals surface area contributed by atoms with Crippen molar-refractivity contribution in [3.05, 3.63) is 110 Å². The van der Waals surface area contributed by atoms with E-state index in [-0.39, 0.29) is 22.9 Å². The lowest BCUT2D eigenvalue weighted by Crippen LogP contribution is -2.46. The summed E-state index contributed by atoms with van der Waals surface area (Å²) in [6.45, 7) is 1.49. The van der Waals surface area contributed by atoms with E-state index in [1.807, 2.05) is 0 Å². The van der Waals surface area contributed by atoms with Gasteiger partial charge < -0.3 is 10.3 Å². The second-order valence-corrected chi connectivity index (χ2v) is 7.77. The highest BCUT2D eigenvalue weighted by Crippen LogP contribution is 2.20. The molecule has 2 aromatic heterocycles. The molecule has 0 saturated heterocycles. The first-order chi connectivity index (χ1) is 16.2. The molecule has 4 rings (SSSR count). The van der Waals surface area contributed by atoms with Gasteiger partial charge >= 0.3 is 5.69 Å². The standard InChI is InChI=1S/C24H19F3N4O3/c1-13(17-4-2-16(26)12-19(17)27)29-22(32)21(10-14-6-8-28-9-7-14)31-23(33)18-11-15(25)3-5-20(18)30-24(31)34/h2-9,11-13,21H,10H2,1H3,(H,29,32)(H,30,34)/t13-,21-/m0/s1. The number of pyridine rings is 1. The Hall–Kier alpha value is -4.21. The van der Waals surface area contributed by atoms with Gasteiger partial charge in [-0.1, -0.05) is 6.07 Å². The zero-order chi connectivity index (χ0) is 24.4. The number of aromatic nitrogens is 3. The first-order valence-electron chi connectivity index (χ1n) is 10.3. The maximum absolute atomic E-state index is 14.2. The molecule has 2 atom stereocenters. The summed E-state index contributed by atoms with van der Waals surface area (Å²) in [5, 5.41) is 2.48. The van der Waals surface area contributed by atoms with Crippen molar-refractivity contribution in [3.8, 4) is 0 Å². The molecular weight excluding hydrogens is 449 g/mol. The van der Waals surface area contributed by atoms with Crippen LogP contribution < -0.4 is 16.6 Å². The minimum Gasteiger partial charge on any atom is -0.348 e. The molecule has 34 heavy (non-hydrogen) atoms. The zero-order valence-electron chi connectivity index (χ0n) is 17.9. The van der Waals surface area contributed by atoms with Crippen LogP contribution in [0.1, 0.15) is 30.1 Å². The third kappa shape index (κ3) is 4.61. The second kappa shape index (κ2) is 9.34. The van der Waals surface area contributed by atoms with Gasteiger partial charge in [0.2, 0.25) is 5.91 Å². The molecule has 0 saturated carbocycles. The summed E-state index contributed by atoms with van der Waals surface area (Å²) in [7, 11) is 0. The Morgan fingerprint density at radius 3 is 2.41 bits per heavy atom. The molecule has 10 heteroatoms. The monoisotopic (exact) mass is 468 g/mol. The average Bonchev–Trinajstić information content (AvgIpc) is 2.79. The minimum absolute atomic E-state index is 0.0271. The third-order valence-corrected chi connectivity index (χ3v) is 5.47. The van der Waals surface area contributed by atoms with E-state index in [0.717, 1.165) is 18.2 Å². The fourth-order valence-electron chi connectivity index (χ4n) is 3.77. The Morgan fingerprint density at radius 2 is 1.71 bits per heavy atom. The lowest BCUT2D eigenvalue weighted by Gasteiger charge is -2.22. The van der Waals surface area contributed by atoms with E-state index in [4.69, 9.17) is 0 Å². The summed E-state index contributed by atoms with van der Waals surface area (Å²) < 4.78 is 42.0. The number of carbonyl (C=O) groups excluding carboxylic acids is 1. The highest BCUT2D eigenvalue weighted by molar-refractivity contribution is 5.82. The molecule has 0 aliphatic rings.